The van der Waals surface area contributed by atoms with Crippen LogP contribution in [0.25, 0.3) is 0 Å². The second-order valence-electron chi connectivity index (χ2n) is 2.51. The van der Waals surface area contributed by atoms with Gasteiger partial charge >= 0.3 is 0 Å². The van der Waals surface area contributed by atoms with Gasteiger partial charge in [0.2, 0.25) is 0 Å². The second kappa shape index (κ2) is 10.1. The molecule has 0 saturated carbocycles. The maximum Gasteiger partial charge on any atom is 0.157 e. The Morgan fingerprint density at radius 2 is 1.92 bits per heavy atom. The van der Waals surface area contributed by atoms with Crippen molar-refractivity contribution in [3.8, 4) is 0 Å². The average molecular weight is 170 g/mol. The highest BCUT2D eigenvalue weighted by Crippen LogP contribution is 1.91. The first-order valence-electron chi connectivity index (χ1n) is 4.22. The van der Waals surface area contributed by atoms with Crippen LogP contribution < -0.4 is 0 Å². The van der Waals surface area contributed by atoms with E-state index in [0.29, 0.717) is 18.4 Å². The molecule has 0 aliphatic carbocycles. The van der Waals surface area contributed by atoms with Crippen molar-refractivity contribution in [3.63, 3.8) is 0 Å². The van der Waals surface area contributed by atoms with Crippen LogP contribution in [0.1, 0.15) is 40.0 Å². The van der Waals surface area contributed by atoms with Crippen LogP contribution in [0.5, 0.6) is 0 Å². The average Bonchev–Trinajstić information content (AvgIpc) is 2.05. The summed E-state index contributed by atoms with van der Waals surface area (Å²) in [5.74, 6) is 0.153. The minimum Gasteiger partial charge on any atom is -0.303 e. The van der Waals surface area contributed by atoms with Gasteiger partial charge < -0.3 is 4.79 Å². The number of carbonyl (C=O) groups excluding carboxylic acids is 2. The van der Waals surface area contributed by atoms with Gasteiger partial charge in [-0.25, -0.2) is 0 Å². The van der Waals surface area contributed by atoms with E-state index >= 15 is 0 Å². The molecule has 0 spiro atoms. The number of hydrogen-bond acceptors (Lipinski definition) is 2. The predicted molar refractivity (Wildman–Crippen MR) is 51.1 cm³/mol. The van der Waals surface area contributed by atoms with Gasteiger partial charge in [-0.1, -0.05) is 20.4 Å². The van der Waals surface area contributed by atoms with Gasteiger partial charge in [0.05, 0.1) is 0 Å². The molecule has 12 heavy (non-hydrogen) atoms. The van der Waals surface area contributed by atoms with Crippen LogP contribution in [0.4, 0.5) is 0 Å². The molecule has 0 fully saturated rings. The lowest BCUT2D eigenvalue weighted by atomic mass is 10.2. The van der Waals surface area contributed by atoms with E-state index in [1.807, 2.05) is 13.8 Å². The highest BCUT2D eigenvalue weighted by molar-refractivity contribution is 5.93. The zero-order valence-corrected chi connectivity index (χ0v) is 8.22. The summed E-state index contributed by atoms with van der Waals surface area (Å²) in [6, 6.07) is 0. The molecule has 70 valence electrons. The van der Waals surface area contributed by atoms with E-state index in [1.54, 1.807) is 6.92 Å². The summed E-state index contributed by atoms with van der Waals surface area (Å²) < 4.78 is 0. The summed E-state index contributed by atoms with van der Waals surface area (Å²) in [5.41, 5.74) is 0.655. The van der Waals surface area contributed by atoms with Crippen LogP contribution in [0.3, 0.4) is 0 Å². The lowest BCUT2D eigenvalue weighted by Crippen LogP contribution is -1.93. The molecule has 0 heterocycles. The van der Waals surface area contributed by atoms with Crippen molar-refractivity contribution in [2.45, 2.75) is 40.0 Å². The largest absolute Gasteiger partial charge is 0.303 e. The van der Waals surface area contributed by atoms with Crippen molar-refractivity contribution in [1.29, 1.82) is 0 Å². The van der Waals surface area contributed by atoms with E-state index in [9.17, 15) is 9.59 Å². The van der Waals surface area contributed by atoms with Crippen LogP contribution in [0.15, 0.2) is 12.2 Å². The molecule has 0 saturated heterocycles. The maximum absolute atomic E-state index is 10.4. The molecule has 0 aromatic heterocycles. The van der Waals surface area contributed by atoms with Gasteiger partial charge in [-0.15, -0.1) is 0 Å². The first-order chi connectivity index (χ1) is 5.59. The van der Waals surface area contributed by atoms with Crippen molar-refractivity contribution >= 4 is 12.1 Å². The van der Waals surface area contributed by atoms with E-state index < -0.39 is 0 Å². The Hall–Kier alpha value is -0.920. The zero-order chi connectivity index (χ0) is 9.98. The van der Waals surface area contributed by atoms with Gasteiger partial charge in [0, 0.05) is 12.8 Å². The lowest BCUT2D eigenvalue weighted by molar-refractivity contribution is -0.115. The smallest absolute Gasteiger partial charge is 0.157 e. The molecule has 2 heteroatoms. The fourth-order valence-electron chi connectivity index (χ4n) is 0.420. The molecule has 0 unspecified atom stereocenters. The minimum atomic E-state index is 0.153. The van der Waals surface area contributed by atoms with Crippen molar-refractivity contribution in [1.82, 2.24) is 0 Å². The third-order valence-electron chi connectivity index (χ3n) is 1.20. The Bertz CT molecular complexity index is 148. The van der Waals surface area contributed by atoms with Gasteiger partial charge in [-0.05, 0) is 18.9 Å². The van der Waals surface area contributed by atoms with Crippen LogP contribution >= 0.6 is 0 Å². The van der Waals surface area contributed by atoms with E-state index in [-0.39, 0.29) is 5.78 Å². The molecule has 0 bridgehead atoms. The number of unbranched alkanes of at least 4 members (excludes halogenated alkanes) is 1. The lowest BCUT2D eigenvalue weighted by Gasteiger charge is -1.87. The Labute approximate surface area is 74.7 Å². The normalized spacial score (nSPS) is 7.92. The summed E-state index contributed by atoms with van der Waals surface area (Å²) in [5, 5.41) is 0. The highest BCUT2D eigenvalue weighted by atomic mass is 16.1. The fraction of sp³-hybridized carbons (Fsp3) is 0.600. The van der Waals surface area contributed by atoms with Crippen LogP contribution in [0.2, 0.25) is 0 Å². The number of ketones is 1. The van der Waals surface area contributed by atoms with Gasteiger partial charge in [0.15, 0.2) is 5.78 Å². The number of rotatable bonds is 4. The molecular weight excluding hydrogens is 152 g/mol. The Morgan fingerprint density at radius 1 is 1.42 bits per heavy atom. The van der Waals surface area contributed by atoms with Crippen molar-refractivity contribution in [2.24, 2.45) is 0 Å². The van der Waals surface area contributed by atoms with Crippen molar-refractivity contribution in [3.05, 3.63) is 12.2 Å². The van der Waals surface area contributed by atoms with Gasteiger partial charge in [-0.3, -0.25) is 4.79 Å². The Morgan fingerprint density at radius 3 is 1.92 bits per heavy atom. The van der Waals surface area contributed by atoms with Crippen LogP contribution in [0, 0.1) is 0 Å². The zero-order valence-electron chi connectivity index (χ0n) is 8.22. The van der Waals surface area contributed by atoms with Crippen LogP contribution in [-0.2, 0) is 9.59 Å². The minimum absolute atomic E-state index is 0.153. The Balaban J connectivity index is 0. The molecule has 0 N–H and O–H groups in total. The number of hydrogen-bond donors (Lipinski definition) is 0. The van der Waals surface area contributed by atoms with E-state index in [0.717, 1.165) is 12.7 Å². The molecule has 0 aliphatic rings. The molecule has 0 atom stereocenters. The highest BCUT2D eigenvalue weighted by Gasteiger charge is 1.93. The molecule has 0 amide bonds. The van der Waals surface area contributed by atoms with Gasteiger partial charge in [0.25, 0.3) is 0 Å². The quantitative estimate of drug-likeness (QED) is 0.480. The Kier molecular flexibility index (Phi) is 11.5. The van der Waals surface area contributed by atoms with Gasteiger partial charge in [0.1, 0.15) is 6.29 Å². The number of carbonyl (C=O) groups is 2. The molecule has 0 aliphatic heterocycles. The summed E-state index contributed by atoms with van der Waals surface area (Å²) in [4.78, 5) is 19.8. The van der Waals surface area contributed by atoms with E-state index in [2.05, 4.69) is 6.58 Å². The number of aldehydes is 1. The summed E-state index contributed by atoms with van der Waals surface area (Å²) in [7, 11) is 0. The number of allylic oxidation sites excluding steroid dienone is 1. The van der Waals surface area contributed by atoms with E-state index in [4.69, 9.17) is 0 Å². The number of Topliss-reactive ketones (excluding diaryl/α,β-unsaturated/α-hetero) is 1. The molecule has 0 radical (unpaired) electrons. The SMILES string of the molecule is C=C(C)C(=O)CC.CCCC=O. The standard InChI is InChI=1S/C6H10O.C4H8O/c1-4-6(7)5(2)3;1-2-3-4-5/h2,4H2,1,3H3;4H,2-3H2,1H3. The maximum atomic E-state index is 10.4. The van der Waals surface area contributed by atoms with Gasteiger partial charge in [-0.2, -0.15) is 0 Å². The molecular formula is C10H18O2. The molecule has 2 nitrogen and oxygen atoms in total. The van der Waals surface area contributed by atoms with Crippen LogP contribution in [-0.4, -0.2) is 12.1 Å². The van der Waals surface area contributed by atoms with Crippen molar-refractivity contribution in [2.75, 3.05) is 0 Å². The third-order valence-corrected chi connectivity index (χ3v) is 1.20. The third kappa shape index (κ3) is 11.8. The monoisotopic (exact) mass is 170 g/mol. The first kappa shape index (κ1) is 13.7. The summed E-state index contributed by atoms with van der Waals surface area (Å²) >= 11 is 0. The summed E-state index contributed by atoms with van der Waals surface area (Å²) in [6.45, 7) is 9.02. The van der Waals surface area contributed by atoms with E-state index in [1.165, 1.54) is 0 Å². The topological polar surface area (TPSA) is 34.1 Å². The fourth-order valence-corrected chi connectivity index (χ4v) is 0.420. The second-order valence-corrected chi connectivity index (χ2v) is 2.51. The molecule has 0 aromatic rings. The first-order valence-corrected chi connectivity index (χ1v) is 4.22. The predicted octanol–water partition coefficient (Wildman–Crippen LogP) is 2.53. The molecule has 0 rings (SSSR count). The molecule has 0 aromatic carbocycles. The van der Waals surface area contributed by atoms with Crippen molar-refractivity contribution < 1.29 is 9.59 Å². The summed E-state index contributed by atoms with van der Waals surface area (Å²) in [6.07, 6.45) is 3.19.